The molecule has 0 saturated carbocycles. The number of aromatic nitrogens is 2. The van der Waals surface area contributed by atoms with Crippen molar-refractivity contribution < 1.29 is 13.9 Å². The first-order chi connectivity index (χ1) is 17.1. The molecule has 0 atom stereocenters. The van der Waals surface area contributed by atoms with Crippen LogP contribution in [0.25, 0.3) is 11.3 Å². The van der Waals surface area contributed by atoms with Crippen molar-refractivity contribution in [1.29, 1.82) is 0 Å². The Morgan fingerprint density at radius 2 is 1.67 bits per heavy atom. The van der Waals surface area contributed by atoms with Crippen molar-refractivity contribution in [2.24, 2.45) is 0 Å². The number of hydrogen-bond donors (Lipinski definition) is 0. The second-order valence-electron chi connectivity index (χ2n) is 10.3. The molecule has 2 aliphatic heterocycles. The second kappa shape index (κ2) is 11.2. The Morgan fingerprint density at radius 1 is 1.00 bits per heavy atom. The number of amides is 1. The van der Waals surface area contributed by atoms with Crippen LogP contribution in [0.3, 0.4) is 0 Å². The first kappa shape index (κ1) is 26.4. The molecule has 2 aromatic rings. The van der Waals surface area contributed by atoms with E-state index in [2.05, 4.69) is 21.6 Å². The minimum Gasteiger partial charge on any atom is -0.444 e. The molecule has 2 saturated heterocycles. The molecule has 10 heteroatoms. The van der Waals surface area contributed by atoms with Crippen LogP contribution in [0.15, 0.2) is 24.3 Å². The van der Waals surface area contributed by atoms with Crippen molar-refractivity contribution in [2.75, 3.05) is 68.7 Å². The Balaban J connectivity index is 1.56. The number of piperazine rings is 2. The van der Waals surface area contributed by atoms with E-state index >= 15 is 0 Å². The molecule has 1 aromatic heterocycles. The van der Waals surface area contributed by atoms with Crippen LogP contribution in [0, 0.1) is 5.82 Å². The average molecular weight is 519 g/mol. The first-order valence-electron chi connectivity index (χ1n) is 12.7. The number of halogens is 2. The van der Waals surface area contributed by atoms with Crippen LogP contribution in [0.1, 0.15) is 34.1 Å². The van der Waals surface area contributed by atoms with Gasteiger partial charge in [0.2, 0.25) is 5.95 Å². The van der Waals surface area contributed by atoms with E-state index in [0.717, 1.165) is 50.5 Å². The summed E-state index contributed by atoms with van der Waals surface area (Å²) in [7, 11) is 0. The lowest BCUT2D eigenvalue weighted by molar-refractivity contribution is 0.0240. The molecule has 0 unspecified atom stereocenters. The Hall–Kier alpha value is -2.65. The molecule has 0 aliphatic carbocycles. The van der Waals surface area contributed by atoms with Gasteiger partial charge in [0.25, 0.3) is 0 Å². The molecule has 0 N–H and O–H groups in total. The van der Waals surface area contributed by atoms with Crippen LogP contribution < -0.4 is 9.80 Å². The minimum atomic E-state index is -0.526. The van der Waals surface area contributed by atoms with E-state index in [-0.39, 0.29) is 11.1 Å². The highest BCUT2D eigenvalue weighted by atomic mass is 35.5. The van der Waals surface area contributed by atoms with Gasteiger partial charge in [-0.15, -0.1) is 0 Å². The van der Waals surface area contributed by atoms with Gasteiger partial charge in [0, 0.05) is 64.0 Å². The van der Waals surface area contributed by atoms with Crippen molar-refractivity contribution in [3.05, 3.63) is 35.1 Å². The predicted molar refractivity (Wildman–Crippen MR) is 141 cm³/mol. The summed E-state index contributed by atoms with van der Waals surface area (Å²) in [5, 5.41) is 0.0633. The molecule has 196 valence electrons. The fourth-order valence-corrected chi connectivity index (χ4v) is 4.64. The first-order valence-corrected chi connectivity index (χ1v) is 13.1. The Kier molecular flexibility index (Phi) is 8.20. The quantitative estimate of drug-likeness (QED) is 0.576. The summed E-state index contributed by atoms with van der Waals surface area (Å²) in [5.41, 5.74) is 0.910. The zero-order valence-electron chi connectivity index (χ0n) is 21.6. The molecule has 1 aromatic carbocycles. The molecule has 8 nitrogen and oxygen atoms in total. The number of hydrogen-bond acceptors (Lipinski definition) is 7. The summed E-state index contributed by atoms with van der Waals surface area (Å²) in [5.74, 6) is 0.990. The standard InChI is InChI=1S/C26H36ClFN6O2/c1-5-8-31-9-11-33(12-10-31)24-29-22(19-6-7-21(28)20(27)17-19)18-23(30-24)32-13-15-34(16-14-32)25(35)36-26(2,3)4/h6-7,17-18H,5,8-16H2,1-4H3. The molecule has 1 amide bonds. The largest absolute Gasteiger partial charge is 0.444 e. The maximum Gasteiger partial charge on any atom is 0.410 e. The van der Waals surface area contributed by atoms with Crippen molar-refractivity contribution in [2.45, 2.75) is 39.7 Å². The number of carbonyl (C=O) groups excluding carboxylic acids is 1. The number of benzene rings is 1. The fourth-order valence-electron chi connectivity index (χ4n) is 4.46. The van der Waals surface area contributed by atoms with Gasteiger partial charge in [-0.1, -0.05) is 18.5 Å². The minimum absolute atomic E-state index is 0.0633. The monoisotopic (exact) mass is 518 g/mol. The summed E-state index contributed by atoms with van der Waals surface area (Å²) in [6.45, 7) is 14.9. The topological polar surface area (TPSA) is 65.0 Å². The number of anilines is 2. The molecule has 2 fully saturated rings. The molecule has 4 rings (SSSR count). The average Bonchev–Trinajstić information content (AvgIpc) is 2.85. The third kappa shape index (κ3) is 6.56. The Labute approximate surface area is 218 Å². The van der Waals surface area contributed by atoms with Gasteiger partial charge < -0.3 is 19.4 Å². The summed E-state index contributed by atoms with van der Waals surface area (Å²) >= 11 is 6.08. The highest BCUT2D eigenvalue weighted by molar-refractivity contribution is 6.31. The van der Waals surface area contributed by atoms with E-state index in [1.807, 2.05) is 26.8 Å². The highest BCUT2D eigenvalue weighted by Crippen LogP contribution is 2.29. The van der Waals surface area contributed by atoms with E-state index < -0.39 is 11.4 Å². The van der Waals surface area contributed by atoms with Gasteiger partial charge in [-0.3, -0.25) is 4.90 Å². The zero-order chi connectivity index (χ0) is 25.9. The van der Waals surface area contributed by atoms with E-state index in [4.69, 9.17) is 26.3 Å². The van der Waals surface area contributed by atoms with Crippen LogP contribution in [-0.2, 0) is 4.74 Å². The molecular weight excluding hydrogens is 483 g/mol. The third-order valence-electron chi connectivity index (χ3n) is 6.37. The Bertz CT molecular complexity index is 1060. The van der Waals surface area contributed by atoms with E-state index in [0.29, 0.717) is 37.8 Å². The van der Waals surface area contributed by atoms with Crippen LogP contribution in [-0.4, -0.2) is 90.4 Å². The van der Waals surface area contributed by atoms with Gasteiger partial charge in [-0.2, -0.15) is 4.98 Å². The van der Waals surface area contributed by atoms with Crippen molar-refractivity contribution in [3.63, 3.8) is 0 Å². The SMILES string of the molecule is CCCN1CCN(c2nc(-c3ccc(F)c(Cl)c3)cc(N3CCN(C(=O)OC(C)(C)C)CC3)n2)CC1. The maximum absolute atomic E-state index is 13.8. The lowest BCUT2D eigenvalue weighted by Crippen LogP contribution is -2.50. The lowest BCUT2D eigenvalue weighted by Gasteiger charge is -2.37. The van der Waals surface area contributed by atoms with Gasteiger partial charge in [-0.25, -0.2) is 14.2 Å². The summed E-state index contributed by atoms with van der Waals surface area (Å²) in [6, 6.07) is 6.58. The molecular formula is C26H36ClFN6O2. The normalized spacial score (nSPS) is 17.4. The number of ether oxygens (including phenoxy) is 1. The highest BCUT2D eigenvalue weighted by Gasteiger charge is 2.28. The molecule has 0 radical (unpaired) electrons. The van der Waals surface area contributed by atoms with Crippen LogP contribution in [0.2, 0.25) is 5.02 Å². The molecule has 3 heterocycles. The van der Waals surface area contributed by atoms with Crippen LogP contribution in [0.4, 0.5) is 21.0 Å². The zero-order valence-corrected chi connectivity index (χ0v) is 22.4. The van der Waals surface area contributed by atoms with E-state index in [9.17, 15) is 9.18 Å². The van der Waals surface area contributed by atoms with Gasteiger partial charge in [0.1, 0.15) is 17.2 Å². The van der Waals surface area contributed by atoms with Gasteiger partial charge in [-0.05, 0) is 51.9 Å². The van der Waals surface area contributed by atoms with Crippen molar-refractivity contribution >= 4 is 29.5 Å². The van der Waals surface area contributed by atoms with E-state index in [1.54, 1.807) is 17.0 Å². The van der Waals surface area contributed by atoms with Crippen LogP contribution >= 0.6 is 11.6 Å². The summed E-state index contributed by atoms with van der Waals surface area (Å²) in [6.07, 6.45) is 0.841. The van der Waals surface area contributed by atoms with Gasteiger partial charge in [0.05, 0.1) is 10.7 Å². The maximum atomic E-state index is 13.8. The molecule has 2 aliphatic rings. The second-order valence-corrected chi connectivity index (χ2v) is 10.7. The Morgan fingerprint density at radius 3 is 2.28 bits per heavy atom. The van der Waals surface area contributed by atoms with E-state index in [1.165, 1.54) is 6.07 Å². The molecule has 0 spiro atoms. The number of carbonyl (C=O) groups is 1. The summed E-state index contributed by atoms with van der Waals surface area (Å²) in [4.78, 5) is 30.8. The number of rotatable bonds is 5. The van der Waals surface area contributed by atoms with Gasteiger partial charge >= 0.3 is 6.09 Å². The number of nitrogens with zero attached hydrogens (tertiary/aromatic N) is 6. The predicted octanol–water partition coefficient (Wildman–Crippen LogP) is 4.53. The third-order valence-corrected chi connectivity index (χ3v) is 6.66. The van der Waals surface area contributed by atoms with Crippen molar-refractivity contribution in [3.8, 4) is 11.3 Å². The molecule has 0 bridgehead atoms. The smallest absolute Gasteiger partial charge is 0.410 e. The van der Waals surface area contributed by atoms with Gasteiger partial charge in [0.15, 0.2) is 0 Å². The fraction of sp³-hybridized carbons (Fsp3) is 0.577. The van der Waals surface area contributed by atoms with Crippen LogP contribution in [0.5, 0.6) is 0 Å². The van der Waals surface area contributed by atoms with Crippen molar-refractivity contribution in [1.82, 2.24) is 19.8 Å². The lowest BCUT2D eigenvalue weighted by atomic mass is 10.1. The molecule has 36 heavy (non-hydrogen) atoms. The summed E-state index contributed by atoms with van der Waals surface area (Å²) < 4.78 is 19.4.